The molecule has 11 heavy (non-hydrogen) atoms. The fourth-order valence-electron chi connectivity index (χ4n) is 1.41. The Labute approximate surface area is 67.9 Å². The number of aliphatic hydroxyl groups excluding tert-OH is 1. The lowest BCUT2D eigenvalue weighted by Gasteiger charge is -2.08. The molecule has 1 aliphatic rings. The van der Waals surface area contributed by atoms with Gasteiger partial charge in [-0.3, -0.25) is 0 Å². The number of hydrogen-bond acceptors (Lipinski definition) is 2. The molecule has 0 aliphatic carbocycles. The Hall–Kier alpha value is -0.340. The zero-order valence-corrected chi connectivity index (χ0v) is 7.21. The van der Waals surface area contributed by atoms with Crippen molar-refractivity contribution in [3.63, 3.8) is 0 Å². The average Bonchev–Trinajstić information content (AvgIpc) is 2.35. The number of ether oxygens (including phenoxy) is 1. The summed E-state index contributed by atoms with van der Waals surface area (Å²) < 4.78 is 5.24. The van der Waals surface area contributed by atoms with Gasteiger partial charge in [-0.25, -0.2) is 0 Å². The van der Waals surface area contributed by atoms with Crippen LogP contribution in [0.2, 0.25) is 0 Å². The highest BCUT2D eigenvalue weighted by Gasteiger charge is 2.16. The van der Waals surface area contributed by atoms with E-state index in [-0.39, 0.29) is 6.10 Å². The van der Waals surface area contributed by atoms with E-state index in [1.807, 2.05) is 6.08 Å². The Morgan fingerprint density at radius 2 is 2.45 bits per heavy atom. The maximum Gasteiger partial charge on any atom is 0.0695 e. The molecule has 2 nitrogen and oxygen atoms in total. The molecule has 1 rings (SSSR count). The molecule has 0 aromatic rings. The standard InChI is InChI=1S/C9H16O2/c1-7(5-8(2)10)9-3-4-11-6-9/h5,8-10H,3-4,6H2,1-2H3/b7-5-. The van der Waals surface area contributed by atoms with E-state index in [0.29, 0.717) is 5.92 Å². The van der Waals surface area contributed by atoms with E-state index >= 15 is 0 Å². The Balaban J connectivity index is 2.45. The van der Waals surface area contributed by atoms with Gasteiger partial charge >= 0.3 is 0 Å². The van der Waals surface area contributed by atoms with Crippen LogP contribution in [0.5, 0.6) is 0 Å². The lowest BCUT2D eigenvalue weighted by molar-refractivity contribution is 0.189. The van der Waals surface area contributed by atoms with Crippen LogP contribution in [0.3, 0.4) is 0 Å². The van der Waals surface area contributed by atoms with Crippen LogP contribution in [0.25, 0.3) is 0 Å². The second kappa shape index (κ2) is 3.88. The fourth-order valence-corrected chi connectivity index (χ4v) is 1.41. The summed E-state index contributed by atoms with van der Waals surface area (Å²) in [5, 5.41) is 9.07. The second-order valence-corrected chi connectivity index (χ2v) is 3.21. The van der Waals surface area contributed by atoms with Gasteiger partial charge in [0.05, 0.1) is 12.7 Å². The van der Waals surface area contributed by atoms with Gasteiger partial charge in [-0.1, -0.05) is 11.6 Å². The van der Waals surface area contributed by atoms with E-state index in [4.69, 9.17) is 9.84 Å². The predicted octanol–water partition coefficient (Wildman–Crippen LogP) is 1.35. The Morgan fingerprint density at radius 1 is 1.73 bits per heavy atom. The van der Waals surface area contributed by atoms with E-state index in [0.717, 1.165) is 19.6 Å². The smallest absolute Gasteiger partial charge is 0.0695 e. The molecule has 0 amide bonds. The monoisotopic (exact) mass is 156 g/mol. The van der Waals surface area contributed by atoms with Crippen LogP contribution in [-0.2, 0) is 4.74 Å². The first-order chi connectivity index (χ1) is 5.20. The quantitative estimate of drug-likeness (QED) is 0.611. The minimum Gasteiger partial charge on any atom is -0.389 e. The van der Waals surface area contributed by atoms with E-state index < -0.39 is 0 Å². The van der Waals surface area contributed by atoms with Gasteiger partial charge in [0.25, 0.3) is 0 Å². The van der Waals surface area contributed by atoms with Crippen LogP contribution in [0, 0.1) is 5.92 Å². The van der Waals surface area contributed by atoms with Crippen LogP contribution in [-0.4, -0.2) is 24.4 Å². The van der Waals surface area contributed by atoms with E-state index in [2.05, 4.69) is 6.92 Å². The summed E-state index contributed by atoms with van der Waals surface area (Å²) in [6, 6.07) is 0. The first-order valence-electron chi connectivity index (χ1n) is 4.14. The third-order valence-corrected chi connectivity index (χ3v) is 2.08. The van der Waals surface area contributed by atoms with E-state index in [9.17, 15) is 0 Å². The molecule has 2 heteroatoms. The lowest BCUT2D eigenvalue weighted by Crippen LogP contribution is -2.04. The van der Waals surface area contributed by atoms with E-state index in [1.54, 1.807) is 6.92 Å². The Morgan fingerprint density at radius 3 is 2.91 bits per heavy atom. The van der Waals surface area contributed by atoms with E-state index in [1.165, 1.54) is 5.57 Å². The molecular formula is C9H16O2. The largest absolute Gasteiger partial charge is 0.389 e. The first kappa shape index (κ1) is 8.75. The van der Waals surface area contributed by atoms with Gasteiger partial charge in [0.2, 0.25) is 0 Å². The molecule has 2 atom stereocenters. The summed E-state index contributed by atoms with van der Waals surface area (Å²) in [6.45, 7) is 5.54. The molecule has 0 saturated carbocycles. The molecule has 1 N–H and O–H groups in total. The van der Waals surface area contributed by atoms with Crippen molar-refractivity contribution in [3.8, 4) is 0 Å². The lowest BCUT2D eigenvalue weighted by atomic mass is 9.99. The number of hydrogen-bond donors (Lipinski definition) is 1. The van der Waals surface area contributed by atoms with Gasteiger partial charge in [0, 0.05) is 12.5 Å². The summed E-state index contributed by atoms with van der Waals surface area (Å²) in [5.41, 5.74) is 1.26. The van der Waals surface area contributed by atoms with Crippen molar-refractivity contribution in [2.24, 2.45) is 5.92 Å². The molecule has 0 radical (unpaired) electrons. The fraction of sp³-hybridized carbons (Fsp3) is 0.778. The Bertz CT molecular complexity index is 144. The van der Waals surface area contributed by atoms with Crippen LogP contribution < -0.4 is 0 Å². The summed E-state index contributed by atoms with van der Waals surface area (Å²) in [6.07, 6.45) is 2.68. The molecule has 1 fully saturated rings. The predicted molar refractivity (Wildman–Crippen MR) is 44.4 cm³/mol. The van der Waals surface area contributed by atoms with Crippen molar-refractivity contribution in [1.29, 1.82) is 0 Å². The molecule has 0 aromatic carbocycles. The highest BCUT2D eigenvalue weighted by Crippen LogP contribution is 2.20. The zero-order valence-electron chi connectivity index (χ0n) is 7.21. The van der Waals surface area contributed by atoms with Crippen molar-refractivity contribution >= 4 is 0 Å². The summed E-state index contributed by atoms with van der Waals surface area (Å²) in [4.78, 5) is 0. The molecule has 64 valence electrons. The molecule has 1 aliphatic heterocycles. The molecule has 0 bridgehead atoms. The van der Waals surface area contributed by atoms with Crippen LogP contribution in [0.15, 0.2) is 11.6 Å². The molecule has 0 aromatic heterocycles. The highest BCUT2D eigenvalue weighted by molar-refractivity contribution is 5.06. The van der Waals surface area contributed by atoms with Gasteiger partial charge in [0.15, 0.2) is 0 Å². The second-order valence-electron chi connectivity index (χ2n) is 3.21. The van der Waals surface area contributed by atoms with Crippen molar-refractivity contribution in [2.45, 2.75) is 26.4 Å². The maximum absolute atomic E-state index is 9.07. The topological polar surface area (TPSA) is 29.5 Å². The van der Waals surface area contributed by atoms with Crippen molar-refractivity contribution in [2.75, 3.05) is 13.2 Å². The summed E-state index contributed by atoms with van der Waals surface area (Å²) in [7, 11) is 0. The molecule has 1 saturated heterocycles. The third kappa shape index (κ3) is 2.64. The van der Waals surface area contributed by atoms with Gasteiger partial charge < -0.3 is 9.84 Å². The highest BCUT2D eigenvalue weighted by atomic mass is 16.5. The molecule has 0 spiro atoms. The van der Waals surface area contributed by atoms with Crippen LogP contribution >= 0.6 is 0 Å². The summed E-state index contributed by atoms with van der Waals surface area (Å²) >= 11 is 0. The number of aliphatic hydroxyl groups is 1. The molecular weight excluding hydrogens is 140 g/mol. The van der Waals surface area contributed by atoms with Gasteiger partial charge in [-0.15, -0.1) is 0 Å². The average molecular weight is 156 g/mol. The molecule has 1 heterocycles. The van der Waals surface area contributed by atoms with Crippen molar-refractivity contribution in [3.05, 3.63) is 11.6 Å². The van der Waals surface area contributed by atoms with Crippen molar-refractivity contribution in [1.82, 2.24) is 0 Å². The van der Waals surface area contributed by atoms with Crippen LogP contribution in [0.4, 0.5) is 0 Å². The first-order valence-corrected chi connectivity index (χ1v) is 4.14. The van der Waals surface area contributed by atoms with Crippen molar-refractivity contribution < 1.29 is 9.84 Å². The van der Waals surface area contributed by atoms with Gasteiger partial charge in [0.1, 0.15) is 0 Å². The van der Waals surface area contributed by atoms with Crippen LogP contribution in [0.1, 0.15) is 20.3 Å². The van der Waals surface area contributed by atoms with Gasteiger partial charge in [-0.2, -0.15) is 0 Å². The third-order valence-electron chi connectivity index (χ3n) is 2.08. The maximum atomic E-state index is 9.07. The normalized spacial score (nSPS) is 29.0. The number of rotatable bonds is 2. The van der Waals surface area contributed by atoms with Gasteiger partial charge in [-0.05, 0) is 20.3 Å². The Kier molecular flexibility index (Phi) is 3.09. The molecule has 2 unspecified atom stereocenters. The minimum absolute atomic E-state index is 0.324. The summed E-state index contributed by atoms with van der Waals surface area (Å²) in [5.74, 6) is 0.546. The SMILES string of the molecule is C/C(=C/C(C)O)C1CCOC1. The zero-order chi connectivity index (χ0) is 8.27. The minimum atomic E-state index is -0.324.